The van der Waals surface area contributed by atoms with Crippen LogP contribution in [0.15, 0.2) is 59.6 Å². The summed E-state index contributed by atoms with van der Waals surface area (Å²) in [5.74, 6) is 1.40. The van der Waals surface area contributed by atoms with Gasteiger partial charge in [0, 0.05) is 43.8 Å². The maximum atomic E-state index is 12.8. The normalized spacial score (nSPS) is 15.9. The van der Waals surface area contributed by atoms with Gasteiger partial charge in [0.1, 0.15) is 5.82 Å². The maximum absolute atomic E-state index is 12.8. The summed E-state index contributed by atoms with van der Waals surface area (Å²) in [4.78, 5) is 11.4. The van der Waals surface area contributed by atoms with E-state index >= 15 is 0 Å². The van der Waals surface area contributed by atoms with Crippen molar-refractivity contribution in [2.45, 2.75) is 24.2 Å². The fourth-order valence-electron chi connectivity index (χ4n) is 4.13. The number of hydrogen-bond donors (Lipinski definition) is 3. The van der Waals surface area contributed by atoms with Gasteiger partial charge in [0.15, 0.2) is 0 Å². The summed E-state index contributed by atoms with van der Waals surface area (Å²) >= 11 is 0. The zero-order valence-corrected chi connectivity index (χ0v) is 18.5. The van der Waals surface area contributed by atoms with E-state index in [-0.39, 0.29) is 0 Å². The lowest BCUT2D eigenvalue weighted by Gasteiger charge is -2.27. The fraction of sp³-hybridized carbons (Fsp3) is 0.304. The van der Waals surface area contributed by atoms with Crippen molar-refractivity contribution >= 4 is 33.2 Å². The lowest BCUT2D eigenvalue weighted by molar-refractivity contribution is 0.580. The first kappa shape index (κ1) is 20.7. The zero-order valence-electron chi connectivity index (χ0n) is 17.7. The zero-order chi connectivity index (χ0) is 22.0. The lowest BCUT2D eigenvalue weighted by atomic mass is 10.1. The van der Waals surface area contributed by atoms with Crippen LogP contribution in [0.3, 0.4) is 0 Å². The molecule has 9 heteroatoms. The topological polar surface area (TPSA) is 99.2 Å². The van der Waals surface area contributed by atoms with Crippen LogP contribution < -0.4 is 20.3 Å². The predicted octanol–water partition coefficient (Wildman–Crippen LogP) is 2.92. The molecule has 0 spiro atoms. The minimum atomic E-state index is -3.63. The standard InChI is InChI=1S/C23H26N6O2S/c30-32(31,21-9-4-17-2-1-3-18(17)16-21)28-20-7-5-19(6-8-20)26-22-10-11-25-23(27-22)29-14-12-24-13-15-29/h4-11,16,24,28H,1-3,12-15H2,(H,25,26,27). The van der Waals surface area contributed by atoms with Crippen LogP contribution >= 0.6 is 0 Å². The molecule has 2 heterocycles. The Hall–Kier alpha value is -3.17. The molecule has 0 unspecified atom stereocenters. The molecule has 166 valence electrons. The van der Waals surface area contributed by atoms with Crippen molar-refractivity contribution < 1.29 is 8.42 Å². The SMILES string of the molecule is O=S(=O)(Nc1ccc(Nc2ccnc(N3CCNCC3)n2)cc1)c1ccc2c(c1)CCC2. The number of aromatic nitrogens is 2. The van der Waals surface area contributed by atoms with Crippen LogP contribution in [-0.4, -0.2) is 44.6 Å². The van der Waals surface area contributed by atoms with Gasteiger partial charge in [0.05, 0.1) is 4.90 Å². The van der Waals surface area contributed by atoms with Gasteiger partial charge >= 0.3 is 0 Å². The average molecular weight is 451 g/mol. The third-order valence-corrected chi connectivity index (χ3v) is 7.21. The number of anilines is 4. The Morgan fingerprint density at radius 3 is 2.47 bits per heavy atom. The molecule has 2 aliphatic rings. The number of rotatable bonds is 6. The molecule has 0 atom stereocenters. The smallest absolute Gasteiger partial charge is 0.261 e. The average Bonchev–Trinajstić information content (AvgIpc) is 3.29. The highest BCUT2D eigenvalue weighted by atomic mass is 32.2. The molecular formula is C23H26N6O2S. The van der Waals surface area contributed by atoms with E-state index in [1.807, 2.05) is 24.3 Å². The van der Waals surface area contributed by atoms with E-state index in [0.717, 1.165) is 56.7 Å². The number of nitrogens with one attached hydrogen (secondary N) is 3. The van der Waals surface area contributed by atoms with Gasteiger partial charge in [-0.3, -0.25) is 4.72 Å². The highest BCUT2D eigenvalue weighted by molar-refractivity contribution is 7.92. The summed E-state index contributed by atoms with van der Waals surface area (Å²) in [6.07, 6.45) is 4.80. The molecule has 3 aromatic rings. The summed E-state index contributed by atoms with van der Waals surface area (Å²) in [5.41, 5.74) is 3.72. The van der Waals surface area contributed by atoms with Gasteiger partial charge in [-0.25, -0.2) is 13.4 Å². The van der Waals surface area contributed by atoms with E-state index in [1.54, 1.807) is 30.5 Å². The van der Waals surface area contributed by atoms with Crippen molar-refractivity contribution in [3.63, 3.8) is 0 Å². The summed E-state index contributed by atoms with van der Waals surface area (Å²) in [6.45, 7) is 3.60. The van der Waals surface area contributed by atoms with Gasteiger partial charge in [0.25, 0.3) is 10.0 Å². The number of nitrogens with zero attached hydrogens (tertiary/aromatic N) is 3. The van der Waals surface area contributed by atoms with Crippen molar-refractivity contribution in [2.75, 3.05) is 41.1 Å². The van der Waals surface area contributed by atoms with Gasteiger partial charge in [-0.2, -0.15) is 4.98 Å². The molecule has 32 heavy (non-hydrogen) atoms. The molecule has 1 saturated heterocycles. The number of sulfonamides is 1. The Kier molecular flexibility index (Phi) is 5.67. The Balaban J connectivity index is 1.26. The molecule has 1 aromatic heterocycles. The molecule has 8 nitrogen and oxygen atoms in total. The van der Waals surface area contributed by atoms with E-state index < -0.39 is 10.0 Å². The van der Waals surface area contributed by atoms with E-state index in [1.165, 1.54) is 5.56 Å². The van der Waals surface area contributed by atoms with E-state index in [0.29, 0.717) is 22.3 Å². The Bertz CT molecular complexity index is 1210. The van der Waals surface area contributed by atoms with E-state index in [2.05, 4.69) is 30.2 Å². The van der Waals surface area contributed by atoms with Gasteiger partial charge in [0.2, 0.25) is 5.95 Å². The number of piperazine rings is 1. The summed E-state index contributed by atoms with van der Waals surface area (Å²) < 4.78 is 28.3. The van der Waals surface area contributed by atoms with Crippen molar-refractivity contribution in [1.82, 2.24) is 15.3 Å². The number of aryl methyl sites for hydroxylation is 2. The molecule has 0 saturated carbocycles. The number of benzene rings is 2. The first-order chi connectivity index (χ1) is 15.6. The Morgan fingerprint density at radius 2 is 1.66 bits per heavy atom. The molecule has 1 aliphatic heterocycles. The van der Waals surface area contributed by atoms with Crippen LogP contribution in [0.1, 0.15) is 17.5 Å². The molecule has 0 bridgehead atoms. The number of hydrogen-bond acceptors (Lipinski definition) is 7. The highest BCUT2D eigenvalue weighted by Gasteiger charge is 2.19. The summed E-state index contributed by atoms with van der Waals surface area (Å²) in [5, 5.41) is 6.58. The van der Waals surface area contributed by atoms with Gasteiger partial charge < -0.3 is 15.5 Å². The fourth-order valence-corrected chi connectivity index (χ4v) is 5.24. The predicted molar refractivity (Wildman–Crippen MR) is 126 cm³/mol. The van der Waals surface area contributed by atoms with Crippen molar-refractivity contribution in [1.29, 1.82) is 0 Å². The largest absolute Gasteiger partial charge is 0.340 e. The molecule has 2 aromatic carbocycles. The summed E-state index contributed by atoms with van der Waals surface area (Å²) in [7, 11) is -3.63. The minimum absolute atomic E-state index is 0.307. The van der Waals surface area contributed by atoms with Crippen LogP contribution in [0, 0.1) is 0 Å². The molecular weight excluding hydrogens is 424 g/mol. The molecule has 0 amide bonds. The third-order valence-electron chi connectivity index (χ3n) is 5.83. The molecule has 3 N–H and O–H groups in total. The van der Waals surface area contributed by atoms with Gasteiger partial charge in [-0.1, -0.05) is 6.07 Å². The maximum Gasteiger partial charge on any atom is 0.261 e. The number of fused-ring (bicyclic) bond motifs is 1. The van der Waals surface area contributed by atoms with Crippen LogP contribution in [0.25, 0.3) is 0 Å². The van der Waals surface area contributed by atoms with Gasteiger partial charge in [-0.15, -0.1) is 0 Å². The second kappa shape index (κ2) is 8.76. The second-order valence-corrected chi connectivity index (χ2v) is 9.75. The minimum Gasteiger partial charge on any atom is -0.340 e. The molecule has 1 aliphatic carbocycles. The van der Waals surface area contributed by atoms with Crippen LogP contribution in [-0.2, 0) is 22.9 Å². The van der Waals surface area contributed by atoms with Crippen molar-refractivity contribution in [2.24, 2.45) is 0 Å². The van der Waals surface area contributed by atoms with E-state index in [4.69, 9.17) is 0 Å². The van der Waals surface area contributed by atoms with Crippen LogP contribution in [0.5, 0.6) is 0 Å². The first-order valence-electron chi connectivity index (χ1n) is 10.9. The second-order valence-electron chi connectivity index (χ2n) is 8.07. The molecule has 1 fully saturated rings. The van der Waals surface area contributed by atoms with Crippen LogP contribution in [0.4, 0.5) is 23.1 Å². The third kappa shape index (κ3) is 4.53. The molecule has 0 radical (unpaired) electrons. The lowest BCUT2D eigenvalue weighted by Crippen LogP contribution is -2.44. The highest BCUT2D eigenvalue weighted by Crippen LogP contribution is 2.26. The van der Waals surface area contributed by atoms with E-state index in [9.17, 15) is 8.42 Å². The molecule has 5 rings (SSSR count). The summed E-state index contributed by atoms with van der Waals surface area (Å²) in [6, 6.07) is 14.4. The van der Waals surface area contributed by atoms with Gasteiger partial charge in [-0.05, 0) is 72.9 Å². The van der Waals surface area contributed by atoms with Crippen LogP contribution in [0.2, 0.25) is 0 Å². The first-order valence-corrected chi connectivity index (χ1v) is 12.4. The Labute approximate surface area is 188 Å². The monoisotopic (exact) mass is 450 g/mol. The van der Waals surface area contributed by atoms with Crippen molar-refractivity contribution in [3.8, 4) is 0 Å². The quantitative estimate of drug-likeness (QED) is 0.531. The van der Waals surface area contributed by atoms with Crippen molar-refractivity contribution in [3.05, 3.63) is 65.9 Å². The Morgan fingerprint density at radius 1 is 0.906 bits per heavy atom.